The van der Waals surface area contributed by atoms with Crippen molar-refractivity contribution in [3.63, 3.8) is 0 Å². The molecule has 0 aromatic heterocycles. The quantitative estimate of drug-likeness (QED) is 0.746. The molecule has 8 nitrogen and oxygen atoms in total. The topological polar surface area (TPSA) is 104 Å². The summed E-state index contributed by atoms with van der Waals surface area (Å²) in [6.45, 7) is 2.48. The van der Waals surface area contributed by atoms with Crippen LogP contribution in [0.2, 0.25) is 0 Å². The highest BCUT2D eigenvalue weighted by atomic mass is 32.2. The van der Waals surface area contributed by atoms with Gasteiger partial charge in [0.25, 0.3) is 10.0 Å². The second-order valence-electron chi connectivity index (χ2n) is 7.01. The van der Waals surface area contributed by atoms with Crippen LogP contribution in [0, 0.1) is 6.92 Å². The molecule has 1 saturated heterocycles. The van der Waals surface area contributed by atoms with Crippen LogP contribution >= 0.6 is 0 Å². The number of hydrogen-bond donors (Lipinski definition) is 1. The van der Waals surface area contributed by atoms with Gasteiger partial charge in [-0.15, -0.1) is 0 Å². The highest BCUT2D eigenvalue weighted by molar-refractivity contribution is 7.92. The highest BCUT2D eigenvalue weighted by Gasteiger charge is 2.24. The molecular formula is C19H23N3O5S2. The Balaban J connectivity index is 1.82. The van der Waals surface area contributed by atoms with E-state index in [0.717, 1.165) is 22.0 Å². The predicted octanol–water partition coefficient (Wildman–Crippen LogP) is 2.17. The molecule has 0 unspecified atom stereocenters. The second kappa shape index (κ2) is 7.77. The molecule has 1 amide bonds. The lowest BCUT2D eigenvalue weighted by molar-refractivity contribution is -0.117. The SMILES string of the molecule is Cc1cc(NS(=O)(=O)c2ccc(S(=O)(=O)N(C)C)cc2)ccc1N1CCCC1=O. The number of rotatable bonds is 6. The van der Waals surface area contributed by atoms with Gasteiger partial charge >= 0.3 is 0 Å². The Bertz CT molecular complexity index is 1140. The van der Waals surface area contributed by atoms with E-state index in [0.29, 0.717) is 18.7 Å². The third-order valence-corrected chi connectivity index (χ3v) is 7.95. The summed E-state index contributed by atoms with van der Waals surface area (Å²) in [5.74, 6) is 0.0641. The first-order valence-corrected chi connectivity index (χ1v) is 11.9. The molecule has 1 N–H and O–H groups in total. The number of benzene rings is 2. The van der Waals surface area contributed by atoms with E-state index < -0.39 is 20.0 Å². The molecule has 2 aromatic carbocycles. The molecule has 0 atom stereocenters. The van der Waals surface area contributed by atoms with Gasteiger partial charge in [-0.2, -0.15) is 0 Å². The number of nitrogens with one attached hydrogen (secondary N) is 1. The molecule has 29 heavy (non-hydrogen) atoms. The number of aryl methyl sites for hydroxylation is 1. The van der Waals surface area contributed by atoms with Crippen molar-refractivity contribution in [2.24, 2.45) is 0 Å². The van der Waals surface area contributed by atoms with Gasteiger partial charge in [0, 0.05) is 38.4 Å². The normalized spacial score (nSPS) is 15.2. The van der Waals surface area contributed by atoms with Gasteiger partial charge in [-0.25, -0.2) is 21.1 Å². The van der Waals surface area contributed by atoms with Crippen molar-refractivity contribution >= 4 is 37.3 Å². The van der Waals surface area contributed by atoms with E-state index in [-0.39, 0.29) is 15.7 Å². The van der Waals surface area contributed by atoms with Gasteiger partial charge in [-0.05, 0) is 61.4 Å². The van der Waals surface area contributed by atoms with E-state index in [4.69, 9.17) is 0 Å². The standard InChI is InChI=1S/C19H23N3O5S2/c1-14-13-15(6-11-18(14)22-12-4-5-19(22)23)20-28(24,25)16-7-9-17(10-8-16)29(26,27)21(2)3/h6-11,13,20H,4-5,12H2,1-3H3. The molecule has 0 aliphatic carbocycles. The van der Waals surface area contributed by atoms with Gasteiger partial charge in [0.05, 0.1) is 9.79 Å². The Labute approximate surface area is 171 Å². The van der Waals surface area contributed by atoms with Crippen LogP contribution in [0.1, 0.15) is 18.4 Å². The van der Waals surface area contributed by atoms with Gasteiger partial charge in [0.2, 0.25) is 15.9 Å². The lowest BCUT2D eigenvalue weighted by Crippen LogP contribution is -2.24. The lowest BCUT2D eigenvalue weighted by Gasteiger charge is -2.19. The van der Waals surface area contributed by atoms with E-state index in [1.54, 1.807) is 23.1 Å². The molecule has 1 heterocycles. The minimum absolute atomic E-state index is 0.0110. The van der Waals surface area contributed by atoms with Gasteiger partial charge < -0.3 is 4.90 Å². The van der Waals surface area contributed by atoms with E-state index >= 15 is 0 Å². The van der Waals surface area contributed by atoms with Crippen LogP contribution in [-0.2, 0) is 24.8 Å². The molecule has 0 saturated carbocycles. The summed E-state index contributed by atoms with van der Waals surface area (Å²) in [6.07, 6.45) is 1.33. The van der Waals surface area contributed by atoms with Crippen LogP contribution in [0.5, 0.6) is 0 Å². The summed E-state index contributed by atoms with van der Waals surface area (Å²) in [6, 6.07) is 10.0. The van der Waals surface area contributed by atoms with E-state index in [2.05, 4.69) is 4.72 Å². The number of anilines is 2. The third kappa shape index (κ3) is 4.29. The molecule has 0 radical (unpaired) electrons. The Morgan fingerprint density at radius 3 is 2.10 bits per heavy atom. The van der Waals surface area contributed by atoms with Crippen molar-refractivity contribution in [2.75, 3.05) is 30.3 Å². The molecule has 0 bridgehead atoms. The van der Waals surface area contributed by atoms with Crippen LogP contribution in [0.15, 0.2) is 52.3 Å². The minimum atomic E-state index is -3.89. The zero-order valence-corrected chi connectivity index (χ0v) is 18.0. The lowest BCUT2D eigenvalue weighted by atomic mass is 10.1. The average Bonchev–Trinajstić information content (AvgIpc) is 3.07. The van der Waals surface area contributed by atoms with Crippen LogP contribution in [-0.4, -0.2) is 47.7 Å². The Kier molecular flexibility index (Phi) is 5.70. The fourth-order valence-electron chi connectivity index (χ4n) is 3.14. The van der Waals surface area contributed by atoms with Crippen molar-refractivity contribution in [2.45, 2.75) is 29.6 Å². The summed E-state index contributed by atoms with van der Waals surface area (Å²) in [5.41, 5.74) is 1.92. The van der Waals surface area contributed by atoms with Crippen molar-refractivity contribution in [1.29, 1.82) is 0 Å². The van der Waals surface area contributed by atoms with E-state index in [1.165, 1.54) is 38.4 Å². The second-order valence-corrected chi connectivity index (χ2v) is 10.8. The predicted molar refractivity (Wildman–Crippen MR) is 111 cm³/mol. The monoisotopic (exact) mass is 437 g/mol. The third-order valence-electron chi connectivity index (χ3n) is 4.73. The summed E-state index contributed by atoms with van der Waals surface area (Å²) in [7, 11) is -4.72. The Morgan fingerprint density at radius 2 is 1.59 bits per heavy atom. The zero-order valence-electron chi connectivity index (χ0n) is 16.4. The molecule has 1 aliphatic heterocycles. The van der Waals surface area contributed by atoms with Crippen LogP contribution < -0.4 is 9.62 Å². The fourth-order valence-corrected chi connectivity index (χ4v) is 5.09. The summed E-state index contributed by atoms with van der Waals surface area (Å²) in [4.78, 5) is 13.6. The van der Waals surface area contributed by atoms with Crippen LogP contribution in [0.4, 0.5) is 11.4 Å². The number of hydrogen-bond acceptors (Lipinski definition) is 5. The summed E-state index contributed by atoms with van der Waals surface area (Å²) in [5, 5.41) is 0. The first kappa shape index (κ1) is 21.3. The van der Waals surface area contributed by atoms with Crippen LogP contribution in [0.25, 0.3) is 0 Å². The maximum Gasteiger partial charge on any atom is 0.261 e. The summed E-state index contributed by atoms with van der Waals surface area (Å²) < 4.78 is 53.1. The van der Waals surface area contributed by atoms with E-state index in [9.17, 15) is 21.6 Å². The van der Waals surface area contributed by atoms with Gasteiger partial charge in [-0.1, -0.05) is 0 Å². The Hall–Kier alpha value is -2.43. The van der Waals surface area contributed by atoms with Crippen LogP contribution in [0.3, 0.4) is 0 Å². The number of nitrogens with zero attached hydrogens (tertiary/aromatic N) is 2. The van der Waals surface area contributed by atoms with Gasteiger partial charge in [0.15, 0.2) is 0 Å². The van der Waals surface area contributed by atoms with Crippen molar-refractivity contribution in [1.82, 2.24) is 4.31 Å². The molecule has 1 aliphatic rings. The number of sulfonamides is 2. The average molecular weight is 438 g/mol. The first-order chi connectivity index (χ1) is 13.5. The summed E-state index contributed by atoms with van der Waals surface area (Å²) >= 11 is 0. The maximum atomic E-state index is 12.7. The van der Waals surface area contributed by atoms with E-state index in [1.807, 2.05) is 6.92 Å². The number of amides is 1. The number of carbonyl (C=O) groups is 1. The minimum Gasteiger partial charge on any atom is -0.312 e. The Morgan fingerprint density at radius 1 is 0.966 bits per heavy atom. The molecule has 1 fully saturated rings. The fraction of sp³-hybridized carbons (Fsp3) is 0.316. The highest BCUT2D eigenvalue weighted by Crippen LogP contribution is 2.28. The van der Waals surface area contributed by atoms with Crippen molar-refractivity contribution < 1.29 is 21.6 Å². The molecule has 0 spiro atoms. The number of carbonyl (C=O) groups excluding carboxylic acids is 1. The van der Waals surface area contributed by atoms with Crippen molar-refractivity contribution in [3.8, 4) is 0 Å². The first-order valence-electron chi connectivity index (χ1n) is 8.99. The smallest absolute Gasteiger partial charge is 0.261 e. The molecule has 156 valence electrons. The zero-order chi connectivity index (χ0) is 21.4. The maximum absolute atomic E-state index is 12.7. The largest absolute Gasteiger partial charge is 0.312 e. The van der Waals surface area contributed by atoms with Crippen molar-refractivity contribution in [3.05, 3.63) is 48.0 Å². The van der Waals surface area contributed by atoms with Gasteiger partial charge in [-0.3, -0.25) is 9.52 Å². The van der Waals surface area contributed by atoms with Gasteiger partial charge in [0.1, 0.15) is 0 Å². The molecule has 10 heteroatoms. The molecular weight excluding hydrogens is 414 g/mol. The molecule has 2 aromatic rings. The molecule has 3 rings (SSSR count).